The monoisotopic (exact) mass is 550 g/mol. The lowest BCUT2D eigenvalue weighted by atomic mass is 10.0. The van der Waals surface area contributed by atoms with Crippen LogP contribution in [0.3, 0.4) is 0 Å². The number of esters is 2. The topological polar surface area (TPSA) is 95.0 Å². The van der Waals surface area contributed by atoms with Gasteiger partial charge in [-0.25, -0.2) is 19.4 Å². The van der Waals surface area contributed by atoms with E-state index in [2.05, 4.69) is 4.98 Å². The zero-order chi connectivity index (χ0) is 29.2. The molecule has 0 saturated carbocycles. The van der Waals surface area contributed by atoms with Crippen LogP contribution in [0, 0.1) is 5.92 Å². The lowest BCUT2D eigenvalue weighted by molar-refractivity contribution is -0.229. The van der Waals surface area contributed by atoms with Gasteiger partial charge in [0.15, 0.2) is 6.04 Å². The normalized spacial score (nSPS) is 13.3. The molecule has 0 unspecified atom stereocenters. The van der Waals surface area contributed by atoms with Gasteiger partial charge < -0.3 is 9.47 Å². The molecule has 0 spiro atoms. The highest BCUT2D eigenvalue weighted by molar-refractivity contribution is 5.82. The summed E-state index contributed by atoms with van der Waals surface area (Å²) in [6.45, 7) is 8.74. The van der Waals surface area contributed by atoms with Crippen molar-refractivity contribution >= 4 is 17.9 Å². The highest BCUT2D eigenvalue weighted by atomic mass is 19.4. The molecule has 0 saturated heterocycles. The quantitative estimate of drug-likeness (QED) is 0.205. The molecule has 0 bridgehead atoms. The van der Waals surface area contributed by atoms with Crippen LogP contribution in [0.2, 0.25) is 0 Å². The van der Waals surface area contributed by atoms with Crippen molar-refractivity contribution in [3.8, 4) is 0 Å². The largest absolute Gasteiger partial charge is 0.458 e. The van der Waals surface area contributed by atoms with Gasteiger partial charge in [-0.15, -0.1) is 0 Å². The summed E-state index contributed by atoms with van der Waals surface area (Å²) in [4.78, 5) is 46.8. The Kier molecular flexibility index (Phi) is 11.2. The zero-order valence-electron chi connectivity index (χ0n) is 22.5. The van der Waals surface area contributed by atoms with Crippen LogP contribution in [0.25, 0.3) is 0 Å². The van der Waals surface area contributed by atoms with Crippen LogP contribution < -0.4 is 0 Å². The SMILES string of the molecule is CC(C)C[C@@H](C(=O)O[C@H](Cc1ccc(C(F)(F)F)nc1)C(=O)OCc1ccccc1)N(C=C=O)OC(C)(C)C. The van der Waals surface area contributed by atoms with Crippen LogP contribution in [-0.4, -0.2) is 45.7 Å². The summed E-state index contributed by atoms with van der Waals surface area (Å²) in [6, 6.07) is 9.59. The third-order valence-electron chi connectivity index (χ3n) is 5.11. The van der Waals surface area contributed by atoms with E-state index in [4.69, 9.17) is 14.3 Å². The summed E-state index contributed by atoms with van der Waals surface area (Å²) in [7, 11) is 0. The van der Waals surface area contributed by atoms with E-state index in [0.717, 1.165) is 29.6 Å². The minimum Gasteiger partial charge on any atom is -0.458 e. The standard InChI is InChI=1S/C28H33F3N2O6/c1-19(2)15-22(33(13-14-34)39-27(3,4)5)25(35)38-23(26(36)37-18-20-9-7-6-8-10-20)16-21-11-12-24(32-17-21)28(29,30)31/h6-13,17,19,22-23H,15-16,18H2,1-5H3/t22-,23+/m0/s1. The number of hydrogen-bond acceptors (Lipinski definition) is 8. The van der Waals surface area contributed by atoms with Crippen LogP contribution >= 0.6 is 0 Å². The number of benzene rings is 1. The molecule has 2 aromatic rings. The number of carbonyl (C=O) groups is 2. The van der Waals surface area contributed by atoms with E-state index in [1.54, 1.807) is 57.0 Å². The predicted octanol–water partition coefficient (Wildman–Crippen LogP) is 5.09. The molecule has 0 aliphatic carbocycles. The number of alkyl halides is 3. The van der Waals surface area contributed by atoms with Gasteiger partial charge in [0.05, 0.1) is 5.60 Å². The fourth-order valence-electron chi connectivity index (χ4n) is 3.44. The molecular formula is C28H33F3N2O6. The van der Waals surface area contributed by atoms with Gasteiger partial charge in [0.25, 0.3) is 0 Å². The molecule has 0 amide bonds. The molecule has 0 aliphatic rings. The van der Waals surface area contributed by atoms with Crippen LogP contribution in [0.5, 0.6) is 0 Å². The fraction of sp³-hybridized carbons (Fsp3) is 0.464. The van der Waals surface area contributed by atoms with E-state index in [1.807, 2.05) is 13.8 Å². The van der Waals surface area contributed by atoms with Gasteiger partial charge in [-0.05, 0) is 50.3 Å². The summed E-state index contributed by atoms with van der Waals surface area (Å²) < 4.78 is 49.8. The predicted molar refractivity (Wildman–Crippen MR) is 135 cm³/mol. The average molecular weight is 551 g/mol. The minimum absolute atomic E-state index is 0.0451. The second-order valence-corrected chi connectivity index (χ2v) is 10.2. The lowest BCUT2D eigenvalue weighted by Crippen LogP contribution is -2.46. The Hall–Kier alpha value is -3.69. The first-order valence-electron chi connectivity index (χ1n) is 12.3. The number of pyridine rings is 1. The summed E-state index contributed by atoms with van der Waals surface area (Å²) in [6.07, 6.45) is -4.34. The molecule has 11 heteroatoms. The molecule has 212 valence electrons. The van der Waals surface area contributed by atoms with E-state index in [0.29, 0.717) is 5.56 Å². The van der Waals surface area contributed by atoms with Crippen LogP contribution in [0.4, 0.5) is 13.2 Å². The molecule has 0 radical (unpaired) electrons. The van der Waals surface area contributed by atoms with Crippen LogP contribution in [-0.2, 0) is 47.9 Å². The van der Waals surface area contributed by atoms with Gasteiger partial charge in [-0.3, -0.25) is 9.82 Å². The zero-order valence-corrected chi connectivity index (χ0v) is 22.5. The van der Waals surface area contributed by atoms with E-state index in [-0.39, 0.29) is 30.9 Å². The first-order chi connectivity index (χ1) is 18.2. The van der Waals surface area contributed by atoms with Gasteiger partial charge in [0.2, 0.25) is 6.10 Å². The number of carbonyl (C=O) groups excluding carboxylic acids is 3. The third kappa shape index (κ3) is 10.9. The molecule has 2 atom stereocenters. The highest BCUT2D eigenvalue weighted by Gasteiger charge is 2.36. The van der Waals surface area contributed by atoms with Crippen LogP contribution in [0.15, 0.2) is 54.9 Å². The second kappa shape index (κ2) is 13.9. The number of ether oxygens (including phenoxy) is 2. The van der Waals surface area contributed by atoms with E-state index in [9.17, 15) is 27.6 Å². The summed E-state index contributed by atoms with van der Waals surface area (Å²) in [5, 5.41) is 1.04. The minimum atomic E-state index is -4.63. The lowest BCUT2D eigenvalue weighted by Gasteiger charge is -2.34. The van der Waals surface area contributed by atoms with Crippen molar-refractivity contribution < 1.29 is 41.9 Å². The second-order valence-electron chi connectivity index (χ2n) is 10.2. The molecular weight excluding hydrogens is 517 g/mol. The molecule has 2 rings (SSSR count). The summed E-state index contributed by atoms with van der Waals surface area (Å²) in [5.74, 6) is -0.234. The van der Waals surface area contributed by atoms with Gasteiger partial charge in [0.1, 0.15) is 24.4 Å². The first kappa shape index (κ1) is 31.5. The van der Waals surface area contributed by atoms with E-state index < -0.39 is 41.6 Å². The Morgan fingerprint density at radius 2 is 1.69 bits per heavy atom. The molecule has 8 nitrogen and oxygen atoms in total. The number of hydrogen-bond donors (Lipinski definition) is 0. The van der Waals surface area contributed by atoms with Crippen molar-refractivity contribution in [3.63, 3.8) is 0 Å². The number of aromatic nitrogens is 1. The highest BCUT2D eigenvalue weighted by Crippen LogP contribution is 2.27. The maximum Gasteiger partial charge on any atom is 0.433 e. The van der Waals surface area contributed by atoms with Crippen molar-refractivity contribution in [2.24, 2.45) is 5.92 Å². The molecule has 1 aromatic heterocycles. The Morgan fingerprint density at radius 3 is 2.21 bits per heavy atom. The average Bonchev–Trinajstić information content (AvgIpc) is 2.84. The summed E-state index contributed by atoms with van der Waals surface area (Å²) >= 11 is 0. The fourth-order valence-corrected chi connectivity index (χ4v) is 3.44. The van der Waals surface area contributed by atoms with Gasteiger partial charge >= 0.3 is 18.1 Å². The van der Waals surface area contributed by atoms with Gasteiger partial charge in [0, 0.05) is 12.6 Å². The van der Waals surface area contributed by atoms with Gasteiger partial charge in [-0.2, -0.15) is 13.2 Å². The molecule has 39 heavy (non-hydrogen) atoms. The Bertz CT molecular complexity index is 1120. The molecule has 0 aliphatic heterocycles. The number of nitrogens with zero attached hydrogens (tertiary/aromatic N) is 2. The van der Waals surface area contributed by atoms with Crippen molar-refractivity contribution in [3.05, 3.63) is 71.7 Å². The van der Waals surface area contributed by atoms with Crippen molar-refractivity contribution in [1.29, 1.82) is 0 Å². The van der Waals surface area contributed by atoms with E-state index in [1.165, 1.54) is 0 Å². The number of halogens is 3. The Balaban J connectivity index is 2.33. The van der Waals surface area contributed by atoms with Crippen molar-refractivity contribution in [1.82, 2.24) is 10.0 Å². The maximum atomic E-state index is 13.4. The van der Waals surface area contributed by atoms with E-state index >= 15 is 0 Å². The number of rotatable bonds is 12. The van der Waals surface area contributed by atoms with Crippen LogP contribution in [0.1, 0.15) is 57.9 Å². The summed E-state index contributed by atoms with van der Waals surface area (Å²) in [5.41, 5.74) is -0.985. The maximum absolute atomic E-state index is 13.4. The Morgan fingerprint density at radius 1 is 1.03 bits per heavy atom. The molecule has 0 N–H and O–H groups in total. The Labute approximate surface area is 225 Å². The smallest absolute Gasteiger partial charge is 0.433 e. The van der Waals surface area contributed by atoms with Crippen molar-refractivity contribution in [2.75, 3.05) is 0 Å². The number of hydroxylamine groups is 2. The molecule has 1 aromatic carbocycles. The van der Waals surface area contributed by atoms with Crippen molar-refractivity contribution in [2.45, 2.75) is 78.0 Å². The van der Waals surface area contributed by atoms with Gasteiger partial charge in [-0.1, -0.05) is 50.2 Å². The molecule has 1 heterocycles. The first-order valence-corrected chi connectivity index (χ1v) is 12.3. The third-order valence-corrected chi connectivity index (χ3v) is 5.11. The molecule has 0 fully saturated rings.